The highest BCUT2D eigenvalue weighted by molar-refractivity contribution is 5.89. The Morgan fingerprint density at radius 3 is 2.61 bits per heavy atom. The van der Waals surface area contributed by atoms with Gasteiger partial charge in [0.25, 0.3) is 0 Å². The van der Waals surface area contributed by atoms with Crippen molar-refractivity contribution in [3.8, 4) is 11.5 Å². The first kappa shape index (κ1) is 15.2. The molecule has 0 amide bonds. The van der Waals surface area contributed by atoms with Gasteiger partial charge < -0.3 is 14.4 Å². The van der Waals surface area contributed by atoms with Gasteiger partial charge in [-0.05, 0) is 31.5 Å². The van der Waals surface area contributed by atoms with E-state index in [0.29, 0.717) is 12.4 Å². The molecule has 0 aliphatic carbocycles. The number of aryl methyl sites for hydroxylation is 1. The fourth-order valence-corrected chi connectivity index (χ4v) is 2.53. The number of allylic oxidation sites excluding steroid dienone is 1. The van der Waals surface area contributed by atoms with Crippen molar-refractivity contribution in [2.75, 3.05) is 12.0 Å². The predicted octanol–water partition coefficient (Wildman–Crippen LogP) is 3.83. The van der Waals surface area contributed by atoms with Crippen LogP contribution in [-0.2, 0) is 11.3 Å². The summed E-state index contributed by atoms with van der Waals surface area (Å²) in [4.78, 5) is 13.5. The van der Waals surface area contributed by atoms with E-state index in [1.54, 1.807) is 7.11 Å². The third-order valence-corrected chi connectivity index (χ3v) is 3.73. The number of anilines is 1. The number of hydrogen-bond donors (Lipinski definition) is 0. The summed E-state index contributed by atoms with van der Waals surface area (Å²) in [5.74, 6) is 1.98. The van der Waals surface area contributed by atoms with Gasteiger partial charge in [0.1, 0.15) is 5.75 Å². The van der Waals surface area contributed by atoms with E-state index >= 15 is 0 Å². The molecule has 0 saturated heterocycles. The standard InChI is InChI=1S/C19H19NO3/c1-13-4-6-15(7-5-13)12-20-17-11-16(22-3)8-9-18(17)23-19(20)10-14(2)21/h4-11H,12H2,1-3H3/b19-10-. The van der Waals surface area contributed by atoms with Crippen LogP contribution < -0.4 is 14.4 Å². The van der Waals surface area contributed by atoms with Gasteiger partial charge in [-0.15, -0.1) is 0 Å². The normalized spacial score (nSPS) is 14.6. The van der Waals surface area contributed by atoms with E-state index in [-0.39, 0.29) is 5.78 Å². The SMILES string of the molecule is COc1ccc2c(c1)N(Cc1ccc(C)cc1)/C(=C/C(C)=O)O2. The highest BCUT2D eigenvalue weighted by Gasteiger charge is 2.27. The number of carbonyl (C=O) groups excluding carboxylic acids is 1. The molecule has 3 rings (SSSR count). The van der Waals surface area contributed by atoms with E-state index in [1.165, 1.54) is 18.6 Å². The van der Waals surface area contributed by atoms with Crippen molar-refractivity contribution in [1.82, 2.24) is 0 Å². The molecular formula is C19H19NO3. The first-order valence-corrected chi connectivity index (χ1v) is 7.48. The van der Waals surface area contributed by atoms with Gasteiger partial charge in [0.15, 0.2) is 11.5 Å². The first-order valence-electron chi connectivity index (χ1n) is 7.48. The number of hydrogen-bond acceptors (Lipinski definition) is 4. The lowest BCUT2D eigenvalue weighted by Crippen LogP contribution is -2.20. The summed E-state index contributed by atoms with van der Waals surface area (Å²) in [6, 6.07) is 13.9. The lowest BCUT2D eigenvalue weighted by Gasteiger charge is -2.18. The lowest BCUT2D eigenvalue weighted by atomic mass is 10.1. The second kappa shape index (κ2) is 6.16. The number of methoxy groups -OCH3 is 1. The van der Waals surface area contributed by atoms with Crippen molar-refractivity contribution in [3.05, 3.63) is 65.6 Å². The second-order valence-corrected chi connectivity index (χ2v) is 5.60. The van der Waals surface area contributed by atoms with Crippen molar-refractivity contribution < 1.29 is 14.3 Å². The Balaban J connectivity index is 1.99. The molecule has 1 heterocycles. The largest absolute Gasteiger partial charge is 0.497 e. The van der Waals surface area contributed by atoms with Crippen LogP contribution in [0, 0.1) is 6.92 Å². The minimum Gasteiger partial charge on any atom is -0.497 e. The molecular weight excluding hydrogens is 290 g/mol. The summed E-state index contributed by atoms with van der Waals surface area (Å²) < 4.78 is 11.1. The fraction of sp³-hybridized carbons (Fsp3) is 0.211. The van der Waals surface area contributed by atoms with Crippen LogP contribution in [0.1, 0.15) is 18.1 Å². The fourth-order valence-electron chi connectivity index (χ4n) is 2.53. The molecule has 0 radical (unpaired) electrons. The van der Waals surface area contributed by atoms with Crippen LogP contribution in [0.3, 0.4) is 0 Å². The van der Waals surface area contributed by atoms with E-state index in [0.717, 1.165) is 22.7 Å². The van der Waals surface area contributed by atoms with Crippen molar-refractivity contribution in [1.29, 1.82) is 0 Å². The van der Waals surface area contributed by atoms with Crippen LogP contribution >= 0.6 is 0 Å². The van der Waals surface area contributed by atoms with Crippen molar-refractivity contribution in [2.45, 2.75) is 20.4 Å². The van der Waals surface area contributed by atoms with Gasteiger partial charge in [0.05, 0.1) is 19.3 Å². The van der Waals surface area contributed by atoms with Crippen LogP contribution in [0.15, 0.2) is 54.4 Å². The molecule has 0 unspecified atom stereocenters. The van der Waals surface area contributed by atoms with E-state index < -0.39 is 0 Å². The van der Waals surface area contributed by atoms with Gasteiger partial charge in [-0.3, -0.25) is 4.79 Å². The number of carbonyl (C=O) groups is 1. The Morgan fingerprint density at radius 2 is 1.96 bits per heavy atom. The number of ether oxygens (including phenoxy) is 2. The van der Waals surface area contributed by atoms with Gasteiger partial charge >= 0.3 is 0 Å². The summed E-state index contributed by atoms with van der Waals surface area (Å²) in [6.45, 7) is 4.20. The monoisotopic (exact) mass is 309 g/mol. The minimum absolute atomic E-state index is 0.0475. The smallest absolute Gasteiger partial charge is 0.204 e. The maximum Gasteiger partial charge on any atom is 0.204 e. The topological polar surface area (TPSA) is 38.8 Å². The average molecular weight is 309 g/mol. The molecule has 2 aromatic rings. The van der Waals surface area contributed by atoms with Crippen LogP contribution in [0.25, 0.3) is 0 Å². The van der Waals surface area contributed by atoms with Gasteiger partial charge in [0, 0.05) is 12.1 Å². The molecule has 1 aliphatic heterocycles. The first-order chi connectivity index (χ1) is 11.1. The Morgan fingerprint density at radius 1 is 1.22 bits per heavy atom. The molecule has 0 N–H and O–H groups in total. The van der Waals surface area contributed by atoms with E-state index in [9.17, 15) is 4.79 Å². The van der Waals surface area contributed by atoms with Gasteiger partial charge in [-0.25, -0.2) is 0 Å². The molecule has 0 bridgehead atoms. The van der Waals surface area contributed by atoms with E-state index in [1.807, 2.05) is 23.1 Å². The second-order valence-electron chi connectivity index (χ2n) is 5.60. The summed E-state index contributed by atoms with van der Waals surface area (Å²) in [7, 11) is 1.63. The summed E-state index contributed by atoms with van der Waals surface area (Å²) >= 11 is 0. The molecule has 23 heavy (non-hydrogen) atoms. The molecule has 4 heteroatoms. The maximum absolute atomic E-state index is 11.5. The van der Waals surface area contributed by atoms with Crippen molar-refractivity contribution >= 4 is 11.5 Å². The predicted molar refractivity (Wildman–Crippen MR) is 89.7 cm³/mol. The van der Waals surface area contributed by atoms with Gasteiger partial charge in [-0.1, -0.05) is 29.8 Å². The summed E-state index contributed by atoms with van der Waals surface area (Å²) in [5, 5.41) is 0. The third kappa shape index (κ3) is 3.21. The number of fused-ring (bicyclic) bond motifs is 1. The molecule has 0 aromatic heterocycles. The summed E-state index contributed by atoms with van der Waals surface area (Å²) in [6.07, 6.45) is 1.51. The van der Waals surface area contributed by atoms with Crippen LogP contribution in [0.2, 0.25) is 0 Å². The van der Waals surface area contributed by atoms with Crippen molar-refractivity contribution in [2.24, 2.45) is 0 Å². The van der Waals surface area contributed by atoms with Crippen LogP contribution in [0.5, 0.6) is 11.5 Å². The van der Waals surface area contributed by atoms with Crippen LogP contribution in [-0.4, -0.2) is 12.9 Å². The number of ketones is 1. The lowest BCUT2D eigenvalue weighted by molar-refractivity contribution is -0.112. The number of benzene rings is 2. The molecule has 118 valence electrons. The molecule has 0 fully saturated rings. The molecule has 0 saturated carbocycles. The number of rotatable bonds is 4. The molecule has 0 atom stereocenters. The molecule has 0 spiro atoms. The third-order valence-electron chi connectivity index (χ3n) is 3.73. The Hall–Kier alpha value is -2.75. The van der Waals surface area contributed by atoms with Gasteiger partial charge in [0.2, 0.25) is 5.88 Å². The Bertz CT molecular complexity index is 763. The van der Waals surface area contributed by atoms with Crippen molar-refractivity contribution in [3.63, 3.8) is 0 Å². The highest BCUT2D eigenvalue weighted by Crippen LogP contribution is 2.42. The Labute approximate surface area is 135 Å². The quantitative estimate of drug-likeness (QED) is 0.805. The zero-order valence-corrected chi connectivity index (χ0v) is 13.5. The minimum atomic E-state index is -0.0475. The molecule has 4 nitrogen and oxygen atoms in total. The van der Waals surface area contributed by atoms with Crippen LogP contribution in [0.4, 0.5) is 5.69 Å². The highest BCUT2D eigenvalue weighted by atomic mass is 16.5. The Kier molecular flexibility index (Phi) is 4.06. The van der Waals surface area contributed by atoms with E-state index in [2.05, 4.69) is 31.2 Å². The maximum atomic E-state index is 11.5. The number of nitrogens with zero attached hydrogens (tertiary/aromatic N) is 1. The molecule has 2 aromatic carbocycles. The summed E-state index contributed by atoms with van der Waals surface area (Å²) in [5.41, 5.74) is 3.26. The zero-order valence-electron chi connectivity index (χ0n) is 13.5. The zero-order chi connectivity index (χ0) is 16.4. The van der Waals surface area contributed by atoms with E-state index in [4.69, 9.17) is 9.47 Å². The van der Waals surface area contributed by atoms with Gasteiger partial charge in [-0.2, -0.15) is 0 Å². The molecule has 1 aliphatic rings. The average Bonchev–Trinajstić information content (AvgIpc) is 2.85.